The van der Waals surface area contributed by atoms with Gasteiger partial charge in [0, 0.05) is 19.8 Å². The second kappa shape index (κ2) is 7.07. The Morgan fingerprint density at radius 3 is 2.20 bits per heavy atom. The number of hydrogen-bond acceptors (Lipinski definition) is 2. The Kier molecular flexibility index (Phi) is 4.86. The van der Waals surface area contributed by atoms with E-state index < -0.39 is 0 Å². The second-order valence-electron chi connectivity index (χ2n) is 6.26. The maximum atomic E-state index is 12.6. The predicted molar refractivity (Wildman–Crippen MR) is 105 cm³/mol. The van der Waals surface area contributed by atoms with Crippen molar-refractivity contribution in [2.75, 3.05) is 14.1 Å². The zero-order valence-electron chi connectivity index (χ0n) is 14.5. The molecular formula is C20H21N3OS. The lowest BCUT2D eigenvalue weighted by molar-refractivity contribution is -0.125. The molecule has 4 nitrogen and oxygen atoms in total. The molecule has 0 bridgehead atoms. The maximum absolute atomic E-state index is 12.6. The summed E-state index contributed by atoms with van der Waals surface area (Å²) in [4.78, 5) is 14.2. The fourth-order valence-corrected chi connectivity index (χ4v) is 3.24. The van der Waals surface area contributed by atoms with E-state index in [0.717, 1.165) is 16.8 Å². The van der Waals surface area contributed by atoms with Crippen molar-refractivity contribution in [1.29, 1.82) is 0 Å². The lowest BCUT2D eigenvalue weighted by Crippen LogP contribution is -2.46. The molecule has 2 aromatic rings. The molecule has 0 aliphatic carbocycles. The first-order valence-corrected chi connectivity index (χ1v) is 8.53. The monoisotopic (exact) mass is 351 g/mol. The van der Waals surface area contributed by atoms with Gasteiger partial charge < -0.3 is 15.5 Å². The summed E-state index contributed by atoms with van der Waals surface area (Å²) in [6.07, 6.45) is 0. The molecule has 0 saturated carbocycles. The molecule has 0 aromatic heterocycles. The van der Waals surface area contributed by atoms with Gasteiger partial charge in [0.2, 0.25) is 0 Å². The number of thiocarbonyl (C=S) groups is 1. The molecule has 0 radical (unpaired) electrons. The van der Waals surface area contributed by atoms with Gasteiger partial charge in [-0.3, -0.25) is 4.79 Å². The topological polar surface area (TPSA) is 44.4 Å². The quantitative estimate of drug-likeness (QED) is 0.834. The third-order valence-electron chi connectivity index (χ3n) is 4.26. The van der Waals surface area contributed by atoms with Gasteiger partial charge in [-0.2, -0.15) is 0 Å². The maximum Gasteiger partial charge on any atom is 0.253 e. The number of likely N-dealkylation sites (N-methyl/N-ethyl adjacent to an activating group) is 1. The zero-order chi connectivity index (χ0) is 18.0. The van der Waals surface area contributed by atoms with E-state index in [2.05, 4.69) is 34.9 Å². The number of nitrogens with zero attached hydrogens (tertiary/aromatic N) is 1. The number of allylic oxidation sites excluding steroid dienone is 1. The minimum absolute atomic E-state index is 0.0304. The van der Waals surface area contributed by atoms with Crippen LogP contribution < -0.4 is 10.6 Å². The van der Waals surface area contributed by atoms with Crippen LogP contribution in [0.1, 0.15) is 18.5 Å². The van der Waals surface area contributed by atoms with Gasteiger partial charge in [0.1, 0.15) is 0 Å². The molecule has 128 valence electrons. The van der Waals surface area contributed by atoms with E-state index in [4.69, 9.17) is 12.2 Å². The summed E-state index contributed by atoms with van der Waals surface area (Å²) in [5.74, 6) is -0.0304. The highest BCUT2D eigenvalue weighted by molar-refractivity contribution is 7.80. The highest BCUT2D eigenvalue weighted by Gasteiger charge is 2.30. The molecule has 1 heterocycles. The third kappa shape index (κ3) is 3.56. The van der Waals surface area contributed by atoms with Crippen LogP contribution in [0.2, 0.25) is 0 Å². The molecule has 0 saturated heterocycles. The Bertz CT molecular complexity index is 826. The number of amides is 1. The summed E-state index contributed by atoms with van der Waals surface area (Å²) < 4.78 is 0. The highest BCUT2D eigenvalue weighted by Crippen LogP contribution is 2.29. The summed E-state index contributed by atoms with van der Waals surface area (Å²) in [5.41, 5.74) is 4.79. The standard InChI is InChI=1S/C20H21N3OS/c1-13-17(19(24)23(2)3)18(22-20(25)21-13)16-11-9-15(10-12-16)14-7-5-4-6-8-14/h4-12,18H,1-3H3,(H2,21,22,25). The van der Waals surface area contributed by atoms with Crippen LogP contribution in [0.5, 0.6) is 0 Å². The normalized spacial score (nSPS) is 16.9. The average molecular weight is 351 g/mol. The second-order valence-corrected chi connectivity index (χ2v) is 6.67. The van der Waals surface area contributed by atoms with E-state index >= 15 is 0 Å². The molecule has 0 fully saturated rings. The van der Waals surface area contributed by atoms with Crippen LogP contribution >= 0.6 is 12.2 Å². The van der Waals surface area contributed by atoms with E-state index in [1.165, 1.54) is 5.56 Å². The van der Waals surface area contributed by atoms with Crippen LogP contribution in [0.4, 0.5) is 0 Å². The van der Waals surface area contributed by atoms with Crippen molar-refractivity contribution in [1.82, 2.24) is 15.5 Å². The number of benzene rings is 2. The molecule has 3 rings (SSSR count). The van der Waals surface area contributed by atoms with Gasteiger partial charge in [0.25, 0.3) is 5.91 Å². The van der Waals surface area contributed by atoms with Gasteiger partial charge in [0.15, 0.2) is 5.11 Å². The Morgan fingerprint density at radius 2 is 1.60 bits per heavy atom. The highest BCUT2D eigenvalue weighted by atomic mass is 32.1. The van der Waals surface area contributed by atoms with Crippen molar-refractivity contribution < 1.29 is 4.79 Å². The summed E-state index contributed by atoms with van der Waals surface area (Å²) >= 11 is 5.29. The van der Waals surface area contributed by atoms with Gasteiger partial charge >= 0.3 is 0 Å². The number of nitrogens with one attached hydrogen (secondary N) is 2. The molecular weight excluding hydrogens is 330 g/mol. The zero-order valence-corrected chi connectivity index (χ0v) is 15.4. The Labute approximate surface area is 153 Å². The first-order chi connectivity index (χ1) is 12.0. The Balaban J connectivity index is 1.97. The Hall–Kier alpha value is -2.66. The van der Waals surface area contributed by atoms with Gasteiger partial charge in [-0.15, -0.1) is 0 Å². The fraction of sp³-hybridized carbons (Fsp3) is 0.200. The molecule has 2 N–H and O–H groups in total. The average Bonchev–Trinajstić information content (AvgIpc) is 2.61. The minimum atomic E-state index is -0.256. The van der Waals surface area contributed by atoms with Crippen LogP contribution in [0.15, 0.2) is 65.9 Å². The molecule has 0 spiro atoms. The van der Waals surface area contributed by atoms with Crippen LogP contribution in [0, 0.1) is 0 Å². The number of rotatable bonds is 3. The van der Waals surface area contributed by atoms with E-state index in [0.29, 0.717) is 10.7 Å². The molecule has 1 unspecified atom stereocenters. The van der Waals surface area contributed by atoms with Crippen LogP contribution in [0.25, 0.3) is 11.1 Å². The molecule has 5 heteroatoms. The number of carbonyl (C=O) groups is 1. The number of hydrogen-bond donors (Lipinski definition) is 2. The summed E-state index contributed by atoms with van der Waals surface area (Å²) in [6, 6.07) is 18.2. The molecule has 25 heavy (non-hydrogen) atoms. The summed E-state index contributed by atoms with van der Waals surface area (Å²) in [6.45, 7) is 1.88. The number of carbonyl (C=O) groups excluding carboxylic acids is 1. The predicted octanol–water partition coefficient (Wildman–Crippen LogP) is 3.23. The molecule has 1 aliphatic rings. The largest absolute Gasteiger partial charge is 0.351 e. The van der Waals surface area contributed by atoms with Crippen molar-refractivity contribution in [3.63, 3.8) is 0 Å². The van der Waals surface area contributed by atoms with Gasteiger partial charge in [-0.05, 0) is 35.8 Å². The first kappa shape index (κ1) is 17.2. The van der Waals surface area contributed by atoms with Gasteiger partial charge in [-0.1, -0.05) is 54.6 Å². The molecule has 2 aromatic carbocycles. The van der Waals surface area contributed by atoms with Crippen molar-refractivity contribution in [3.05, 3.63) is 71.4 Å². The van der Waals surface area contributed by atoms with Crippen molar-refractivity contribution in [2.24, 2.45) is 0 Å². The van der Waals surface area contributed by atoms with Crippen molar-refractivity contribution >= 4 is 23.2 Å². The summed E-state index contributed by atoms with van der Waals surface area (Å²) in [5, 5.41) is 6.81. The first-order valence-electron chi connectivity index (χ1n) is 8.12. The molecule has 1 atom stereocenters. The molecule has 1 amide bonds. The van der Waals surface area contributed by atoms with Gasteiger partial charge in [-0.25, -0.2) is 0 Å². The third-order valence-corrected chi connectivity index (χ3v) is 4.48. The smallest absolute Gasteiger partial charge is 0.253 e. The Morgan fingerprint density at radius 1 is 1.00 bits per heavy atom. The van der Waals surface area contributed by atoms with E-state index in [9.17, 15) is 4.79 Å². The fourth-order valence-electron chi connectivity index (χ4n) is 2.97. The van der Waals surface area contributed by atoms with Gasteiger partial charge in [0.05, 0.1) is 11.6 Å². The van der Waals surface area contributed by atoms with E-state index in [-0.39, 0.29) is 11.9 Å². The lowest BCUT2D eigenvalue weighted by Gasteiger charge is -2.31. The van der Waals surface area contributed by atoms with Crippen molar-refractivity contribution in [3.8, 4) is 11.1 Å². The van der Waals surface area contributed by atoms with Crippen LogP contribution in [-0.4, -0.2) is 30.0 Å². The SMILES string of the molecule is CC1=C(C(=O)N(C)C)C(c2ccc(-c3ccccc3)cc2)NC(=S)N1. The van der Waals surface area contributed by atoms with Crippen molar-refractivity contribution in [2.45, 2.75) is 13.0 Å². The summed E-state index contributed by atoms with van der Waals surface area (Å²) in [7, 11) is 3.51. The van der Waals surface area contributed by atoms with E-state index in [1.54, 1.807) is 19.0 Å². The lowest BCUT2D eigenvalue weighted by atomic mass is 9.93. The van der Waals surface area contributed by atoms with Crippen LogP contribution in [0.3, 0.4) is 0 Å². The minimum Gasteiger partial charge on any atom is -0.351 e. The van der Waals surface area contributed by atoms with E-state index in [1.807, 2.05) is 37.3 Å². The van der Waals surface area contributed by atoms with Crippen LogP contribution in [-0.2, 0) is 4.79 Å². The molecule has 1 aliphatic heterocycles.